The first-order chi connectivity index (χ1) is 10.1. The van der Waals surface area contributed by atoms with Crippen molar-refractivity contribution in [3.8, 4) is 0 Å². The number of nitrogens with zero attached hydrogens (tertiary/aromatic N) is 1. The number of carbonyl (C=O) groups is 1. The third-order valence-electron chi connectivity index (χ3n) is 3.85. The molecular formula is C16H20Cl2N2O. The van der Waals surface area contributed by atoms with Gasteiger partial charge in [0.25, 0.3) is 5.91 Å². The highest BCUT2D eigenvalue weighted by Crippen LogP contribution is 2.28. The molecule has 3 unspecified atom stereocenters. The molecule has 2 N–H and O–H groups in total. The van der Waals surface area contributed by atoms with Gasteiger partial charge < -0.3 is 10.6 Å². The van der Waals surface area contributed by atoms with E-state index in [1.807, 2.05) is 30.3 Å². The van der Waals surface area contributed by atoms with E-state index >= 15 is 0 Å². The van der Waals surface area contributed by atoms with Crippen LogP contribution >= 0.6 is 23.2 Å². The van der Waals surface area contributed by atoms with Crippen LogP contribution in [-0.2, 0) is 4.79 Å². The Morgan fingerprint density at radius 2 is 2.00 bits per heavy atom. The standard InChI is InChI=1S/C16H20Cl2N2O/c17-10-9-16(21)20(13-6-2-1-3-7-13)15-8-4-5-12(18)11-14(15)19/h1-3,6-7,9-10,12,14-15H,4-5,8,11,19H2. The van der Waals surface area contributed by atoms with Gasteiger partial charge in [0.1, 0.15) is 0 Å². The Balaban J connectivity index is 2.32. The van der Waals surface area contributed by atoms with Gasteiger partial charge in [-0.3, -0.25) is 4.79 Å². The first kappa shape index (κ1) is 16.3. The molecule has 21 heavy (non-hydrogen) atoms. The first-order valence-electron chi connectivity index (χ1n) is 7.18. The molecule has 2 rings (SSSR count). The average molecular weight is 327 g/mol. The van der Waals surface area contributed by atoms with Gasteiger partial charge in [0.15, 0.2) is 0 Å². The Morgan fingerprint density at radius 3 is 2.67 bits per heavy atom. The van der Waals surface area contributed by atoms with Crippen molar-refractivity contribution in [2.75, 3.05) is 4.90 Å². The third kappa shape index (κ3) is 4.22. The monoisotopic (exact) mass is 326 g/mol. The quantitative estimate of drug-likeness (QED) is 0.523. The number of hydrogen-bond acceptors (Lipinski definition) is 2. The van der Waals surface area contributed by atoms with Crippen molar-refractivity contribution in [2.45, 2.75) is 43.1 Å². The normalized spacial score (nSPS) is 26.5. The second kappa shape index (κ2) is 7.83. The van der Waals surface area contributed by atoms with Gasteiger partial charge in [-0.1, -0.05) is 29.8 Å². The lowest BCUT2D eigenvalue weighted by atomic mass is 10.0. The molecule has 1 fully saturated rings. The second-order valence-electron chi connectivity index (χ2n) is 5.33. The van der Waals surface area contributed by atoms with E-state index in [4.69, 9.17) is 28.9 Å². The van der Waals surface area contributed by atoms with E-state index in [-0.39, 0.29) is 23.4 Å². The van der Waals surface area contributed by atoms with Gasteiger partial charge in [0.2, 0.25) is 0 Å². The zero-order valence-electron chi connectivity index (χ0n) is 11.8. The van der Waals surface area contributed by atoms with Gasteiger partial charge in [-0.2, -0.15) is 0 Å². The van der Waals surface area contributed by atoms with Crippen LogP contribution in [-0.4, -0.2) is 23.4 Å². The molecule has 114 valence electrons. The van der Waals surface area contributed by atoms with Crippen molar-refractivity contribution in [3.63, 3.8) is 0 Å². The molecule has 0 spiro atoms. The third-order valence-corrected chi connectivity index (χ3v) is 4.37. The number of rotatable bonds is 3. The van der Waals surface area contributed by atoms with Crippen molar-refractivity contribution < 1.29 is 4.79 Å². The molecule has 1 aliphatic carbocycles. The van der Waals surface area contributed by atoms with Crippen LogP contribution in [0.4, 0.5) is 5.69 Å². The van der Waals surface area contributed by atoms with Crippen LogP contribution in [0.1, 0.15) is 25.7 Å². The van der Waals surface area contributed by atoms with Crippen LogP contribution in [0.25, 0.3) is 0 Å². The molecule has 3 nitrogen and oxygen atoms in total. The summed E-state index contributed by atoms with van der Waals surface area (Å²) in [6.07, 6.45) is 4.83. The summed E-state index contributed by atoms with van der Waals surface area (Å²) in [7, 11) is 0. The lowest BCUT2D eigenvalue weighted by Gasteiger charge is -2.34. The van der Waals surface area contributed by atoms with Gasteiger partial charge in [0, 0.05) is 28.7 Å². The fourth-order valence-corrected chi connectivity index (χ4v) is 3.33. The molecule has 3 atom stereocenters. The number of benzene rings is 1. The fraction of sp³-hybridized carbons (Fsp3) is 0.438. The molecule has 5 heteroatoms. The second-order valence-corrected chi connectivity index (χ2v) is 6.20. The van der Waals surface area contributed by atoms with Crippen molar-refractivity contribution in [1.82, 2.24) is 0 Å². The van der Waals surface area contributed by atoms with Gasteiger partial charge in [-0.15, -0.1) is 11.6 Å². The smallest absolute Gasteiger partial charge is 0.252 e. The Morgan fingerprint density at radius 1 is 1.29 bits per heavy atom. The zero-order valence-corrected chi connectivity index (χ0v) is 13.3. The molecule has 0 aliphatic heterocycles. The molecule has 0 saturated heterocycles. The maximum absolute atomic E-state index is 12.4. The summed E-state index contributed by atoms with van der Waals surface area (Å²) in [5.74, 6) is -0.148. The highest BCUT2D eigenvalue weighted by Gasteiger charge is 2.32. The van der Waals surface area contributed by atoms with E-state index in [0.717, 1.165) is 24.9 Å². The molecule has 0 bridgehead atoms. The Hall–Kier alpha value is -1.03. The number of halogens is 2. The van der Waals surface area contributed by atoms with E-state index in [2.05, 4.69) is 0 Å². The van der Waals surface area contributed by atoms with Crippen LogP contribution in [0.3, 0.4) is 0 Å². The van der Waals surface area contributed by atoms with Gasteiger partial charge in [-0.05, 0) is 37.8 Å². The van der Waals surface area contributed by atoms with E-state index in [9.17, 15) is 4.79 Å². The fourth-order valence-electron chi connectivity index (χ4n) is 2.86. The SMILES string of the molecule is NC1CC(Cl)CCCC1N(C(=O)C=CCl)c1ccccc1. The molecular weight excluding hydrogens is 307 g/mol. The predicted molar refractivity (Wildman–Crippen MR) is 88.8 cm³/mol. The Bertz CT molecular complexity index is 492. The zero-order chi connectivity index (χ0) is 15.2. The minimum atomic E-state index is -0.148. The average Bonchev–Trinajstić information content (AvgIpc) is 2.62. The Labute approximate surface area is 135 Å². The number of hydrogen-bond donors (Lipinski definition) is 1. The van der Waals surface area contributed by atoms with Crippen molar-refractivity contribution in [2.24, 2.45) is 5.73 Å². The summed E-state index contributed by atoms with van der Waals surface area (Å²) in [5.41, 5.74) is 8.39. The largest absolute Gasteiger partial charge is 0.326 e. The van der Waals surface area contributed by atoms with Crippen LogP contribution in [0.15, 0.2) is 41.9 Å². The number of para-hydroxylation sites is 1. The van der Waals surface area contributed by atoms with Crippen LogP contribution in [0.2, 0.25) is 0 Å². The lowest BCUT2D eigenvalue weighted by molar-refractivity contribution is -0.114. The lowest BCUT2D eigenvalue weighted by Crippen LogP contribution is -2.50. The van der Waals surface area contributed by atoms with Crippen molar-refractivity contribution >= 4 is 34.8 Å². The highest BCUT2D eigenvalue weighted by atomic mass is 35.5. The predicted octanol–water partition coefficient (Wildman–Crippen LogP) is 3.65. The summed E-state index contributed by atoms with van der Waals surface area (Å²) in [5, 5.41) is 0.0845. The number of nitrogens with two attached hydrogens (primary N) is 1. The topological polar surface area (TPSA) is 46.3 Å². The van der Waals surface area contributed by atoms with Crippen LogP contribution in [0.5, 0.6) is 0 Å². The Kier molecular flexibility index (Phi) is 6.09. The summed E-state index contributed by atoms with van der Waals surface area (Å²) in [4.78, 5) is 14.2. The summed E-state index contributed by atoms with van der Waals surface area (Å²) in [6, 6.07) is 9.37. The maximum Gasteiger partial charge on any atom is 0.252 e. The van der Waals surface area contributed by atoms with Crippen LogP contribution in [0, 0.1) is 0 Å². The van der Waals surface area contributed by atoms with E-state index in [0.29, 0.717) is 6.42 Å². The minimum absolute atomic E-state index is 0.0588. The molecule has 1 aromatic carbocycles. The summed E-state index contributed by atoms with van der Waals surface area (Å²) in [6.45, 7) is 0. The van der Waals surface area contributed by atoms with E-state index < -0.39 is 0 Å². The number of alkyl halides is 1. The summed E-state index contributed by atoms with van der Waals surface area (Å²) < 4.78 is 0. The molecule has 1 aliphatic rings. The molecule has 0 radical (unpaired) electrons. The van der Waals surface area contributed by atoms with Crippen molar-refractivity contribution in [1.29, 1.82) is 0 Å². The highest BCUT2D eigenvalue weighted by molar-refractivity contribution is 6.27. The summed E-state index contributed by atoms with van der Waals surface area (Å²) >= 11 is 11.8. The molecule has 0 heterocycles. The van der Waals surface area contributed by atoms with E-state index in [1.54, 1.807) is 4.90 Å². The number of anilines is 1. The van der Waals surface area contributed by atoms with Gasteiger partial charge >= 0.3 is 0 Å². The van der Waals surface area contributed by atoms with Crippen molar-refractivity contribution in [3.05, 3.63) is 41.9 Å². The molecule has 1 aromatic rings. The number of amides is 1. The maximum atomic E-state index is 12.4. The van der Waals surface area contributed by atoms with E-state index in [1.165, 1.54) is 11.6 Å². The van der Waals surface area contributed by atoms with Crippen LogP contribution < -0.4 is 10.6 Å². The van der Waals surface area contributed by atoms with Gasteiger partial charge in [-0.25, -0.2) is 0 Å². The number of carbonyl (C=O) groups excluding carboxylic acids is 1. The molecule has 1 saturated carbocycles. The minimum Gasteiger partial charge on any atom is -0.326 e. The first-order valence-corrected chi connectivity index (χ1v) is 8.05. The van der Waals surface area contributed by atoms with Gasteiger partial charge in [0.05, 0.1) is 6.04 Å². The molecule has 0 aromatic heterocycles. The molecule has 1 amide bonds.